The van der Waals surface area contributed by atoms with E-state index >= 15 is 0 Å². The molecule has 0 bridgehead atoms. The van der Waals surface area contributed by atoms with Gasteiger partial charge in [-0.05, 0) is 17.7 Å². The van der Waals surface area contributed by atoms with Crippen molar-refractivity contribution in [3.05, 3.63) is 34.3 Å². The zero-order valence-corrected chi connectivity index (χ0v) is 9.58. The summed E-state index contributed by atoms with van der Waals surface area (Å²) < 4.78 is 0.962. The zero-order chi connectivity index (χ0) is 11.3. The summed E-state index contributed by atoms with van der Waals surface area (Å²) in [6.07, 6.45) is 0.251. The lowest BCUT2D eigenvalue weighted by atomic mass is 10.1. The van der Waals surface area contributed by atoms with Crippen molar-refractivity contribution in [2.75, 3.05) is 6.54 Å². The van der Waals surface area contributed by atoms with Gasteiger partial charge in [-0.25, -0.2) is 0 Å². The van der Waals surface area contributed by atoms with Crippen LogP contribution in [-0.4, -0.2) is 18.4 Å². The van der Waals surface area contributed by atoms with Crippen LogP contribution in [0, 0.1) is 0 Å². The Morgan fingerprint density at radius 2 is 1.87 bits per heavy atom. The molecular weight excluding hydrogens is 260 g/mol. The van der Waals surface area contributed by atoms with Crippen LogP contribution in [0.4, 0.5) is 0 Å². The van der Waals surface area contributed by atoms with Crippen LogP contribution < -0.4 is 11.1 Å². The normalized spacial score (nSPS) is 9.67. The highest BCUT2D eigenvalue weighted by atomic mass is 79.9. The summed E-state index contributed by atoms with van der Waals surface area (Å²) in [7, 11) is 0. The third kappa shape index (κ3) is 4.60. The first-order valence-electron chi connectivity index (χ1n) is 4.37. The van der Waals surface area contributed by atoms with E-state index in [1.165, 1.54) is 0 Å². The molecular formula is C10H11BrN2O2. The van der Waals surface area contributed by atoms with Gasteiger partial charge in [0.25, 0.3) is 0 Å². The fourth-order valence-corrected chi connectivity index (χ4v) is 1.30. The molecule has 0 radical (unpaired) electrons. The molecule has 3 N–H and O–H groups in total. The number of carbonyl (C=O) groups is 2. The molecule has 0 saturated carbocycles. The highest BCUT2D eigenvalue weighted by Gasteiger charge is 2.03. The monoisotopic (exact) mass is 270 g/mol. The maximum atomic E-state index is 11.3. The second-order valence-electron chi connectivity index (χ2n) is 3.05. The summed E-state index contributed by atoms with van der Waals surface area (Å²) in [5, 5.41) is 2.42. The predicted molar refractivity (Wildman–Crippen MR) is 60.1 cm³/mol. The van der Waals surface area contributed by atoms with Gasteiger partial charge in [-0.3, -0.25) is 9.59 Å². The molecule has 1 aromatic carbocycles. The van der Waals surface area contributed by atoms with Gasteiger partial charge in [0, 0.05) is 4.47 Å². The molecule has 1 rings (SSSR count). The van der Waals surface area contributed by atoms with Crippen molar-refractivity contribution in [3.63, 3.8) is 0 Å². The Balaban J connectivity index is 2.44. The minimum atomic E-state index is -0.542. The van der Waals surface area contributed by atoms with Gasteiger partial charge in [-0.2, -0.15) is 0 Å². The number of carbonyl (C=O) groups excluding carboxylic acids is 2. The molecule has 80 valence electrons. The summed E-state index contributed by atoms with van der Waals surface area (Å²) in [5.41, 5.74) is 5.78. The third-order valence-electron chi connectivity index (χ3n) is 1.74. The summed E-state index contributed by atoms with van der Waals surface area (Å²) in [6.45, 7) is -0.116. The Bertz CT molecular complexity index is 362. The average Bonchev–Trinajstić information content (AvgIpc) is 2.19. The van der Waals surface area contributed by atoms with Gasteiger partial charge in [-0.1, -0.05) is 28.1 Å². The predicted octanol–water partition coefficient (Wildman–Crippen LogP) is 0.593. The van der Waals surface area contributed by atoms with E-state index in [9.17, 15) is 9.59 Å². The van der Waals surface area contributed by atoms with Crippen LogP contribution in [0.1, 0.15) is 5.56 Å². The Morgan fingerprint density at radius 1 is 1.27 bits per heavy atom. The molecule has 0 aliphatic rings. The quantitative estimate of drug-likeness (QED) is 0.841. The Hall–Kier alpha value is -1.36. The van der Waals surface area contributed by atoms with Crippen LogP contribution in [0.2, 0.25) is 0 Å². The molecule has 0 fully saturated rings. The number of primary amides is 1. The molecule has 0 spiro atoms. The van der Waals surface area contributed by atoms with E-state index in [1.54, 1.807) is 0 Å². The maximum Gasteiger partial charge on any atom is 0.236 e. The van der Waals surface area contributed by atoms with E-state index in [1.807, 2.05) is 24.3 Å². The van der Waals surface area contributed by atoms with E-state index in [0.29, 0.717) is 0 Å². The highest BCUT2D eigenvalue weighted by molar-refractivity contribution is 9.10. The smallest absolute Gasteiger partial charge is 0.236 e. The Morgan fingerprint density at radius 3 is 2.40 bits per heavy atom. The van der Waals surface area contributed by atoms with E-state index in [2.05, 4.69) is 21.2 Å². The average molecular weight is 271 g/mol. The second-order valence-corrected chi connectivity index (χ2v) is 3.96. The first-order chi connectivity index (χ1) is 7.08. The van der Waals surface area contributed by atoms with Gasteiger partial charge in [0.15, 0.2) is 0 Å². The number of benzene rings is 1. The van der Waals surface area contributed by atoms with Crippen LogP contribution in [0.15, 0.2) is 28.7 Å². The highest BCUT2D eigenvalue weighted by Crippen LogP contribution is 2.10. The molecule has 0 aromatic heterocycles. The number of hydrogen-bond acceptors (Lipinski definition) is 2. The van der Waals surface area contributed by atoms with Gasteiger partial charge < -0.3 is 11.1 Å². The molecule has 0 unspecified atom stereocenters. The minimum absolute atomic E-state index is 0.116. The maximum absolute atomic E-state index is 11.3. The molecule has 0 atom stereocenters. The molecule has 0 aliphatic carbocycles. The molecule has 2 amide bonds. The number of nitrogens with one attached hydrogen (secondary N) is 1. The van der Waals surface area contributed by atoms with Crippen molar-refractivity contribution in [2.45, 2.75) is 6.42 Å². The number of halogens is 1. The minimum Gasteiger partial charge on any atom is -0.368 e. The summed E-state index contributed by atoms with van der Waals surface area (Å²) in [6, 6.07) is 7.40. The van der Waals surface area contributed by atoms with Crippen LogP contribution in [0.5, 0.6) is 0 Å². The van der Waals surface area contributed by atoms with Crippen molar-refractivity contribution in [1.29, 1.82) is 0 Å². The van der Waals surface area contributed by atoms with Crippen LogP contribution in [0.25, 0.3) is 0 Å². The molecule has 4 nitrogen and oxygen atoms in total. The van der Waals surface area contributed by atoms with Crippen LogP contribution in [0.3, 0.4) is 0 Å². The van der Waals surface area contributed by atoms with Crippen molar-refractivity contribution in [2.24, 2.45) is 5.73 Å². The van der Waals surface area contributed by atoms with Gasteiger partial charge in [0.05, 0.1) is 13.0 Å². The molecule has 0 saturated heterocycles. The standard InChI is InChI=1S/C10H11BrN2O2/c11-8-3-1-7(2-4-8)5-10(15)13-6-9(12)14/h1-4H,5-6H2,(H2,12,14)(H,13,15). The first-order valence-corrected chi connectivity index (χ1v) is 5.16. The molecule has 0 aliphatic heterocycles. The lowest BCUT2D eigenvalue weighted by molar-refractivity contribution is -0.124. The van der Waals surface area contributed by atoms with Crippen molar-refractivity contribution in [1.82, 2.24) is 5.32 Å². The summed E-state index contributed by atoms with van der Waals surface area (Å²) in [4.78, 5) is 21.7. The lowest BCUT2D eigenvalue weighted by Crippen LogP contribution is -2.34. The summed E-state index contributed by atoms with van der Waals surface area (Å²) in [5.74, 6) is -0.754. The van der Waals surface area contributed by atoms with Gasteiger partial charge in [0.1, 0.15) is 0 Å². The SMILES string of the molecule is NC(=O)CNC(=O)Cc1ccc(Br)cc1. The largest absolute Gasteiger partial charge is 0.368 e. The topological polar surface area (TPSA) is 72.2 Å². The van der Waals surface area contributed by atoms with Crippen molar-refractivity contribution >= 4 is 27.7 Å². The fourth-order valence-electron chi connectivity index (χ4n) is 1.04. The van der Waals surface area contributed by atoms with E-state index in [0.717, 1.165) is 10.0 Å². The van der Waals surface area contributed by atoms with E-state index in [-0.39, 0.29) is 18.9 Å². The first kappa shape index (κ1) is 11.7. The number of nitrogens with two attached hydrogens (primary N) is 1. The van der Waals surface area contributed by atoms with E-state index < -0.39 is 5.91 Å². The Kier molecular flexibility index (Phi) is 4.30. The van der Waals surface area contributed by atoms with E-state index in [4.69, 9.17) is 5.73 Å². The molecule has 1 aromatic rings. The summed E-state index contributed by atoms with van der Waals surface area (Å²) >= 11 is 3.30. The third-order valence-corrected chi connectivity index (χ3v) is 2.27. The molecule has 0 heterocycles. The van der Waals surface area contributed by atoms with Crippen LogP contribution >= 0.6 is 15.9 Å². The van der Waals surface area contributed by atoms with Gasteiger partial charge >= 0.3 is 0 Å². The Labute approximate surface area is 96.0 Å². The molecule has 15 heavy (non-hydrogen) atoms. The van der Waals surface area contributed by atoms with Gasteiger partial charge in [0.2, 0.25) is 11.8 Å². The molecule has 5 heteroatoms. The van der Waals surface area contributed by atoms with Gasteiger partial charge in [-0.15, -0.1) is 0 Å². The second kappa shape index (κ2) is 5.50. The number of amides is 2. The van der Waals surface area contributed by atoms with Crippen LogP contribution in [-0.2, 0) is 16.0 Å². The fraction of sp³-hybridized carbons (Fsp3) is 0.200. The number of hydrogen-bond donors (Lipinski definition) is 2. The number of rotatable bonds is 4. The van der Waals surface area contributed by atoms with Crippen molar-refractivity contribution in [3.8, 4) is 0 Å². The lowest BCUT2D eigenvalue weighted by Gasteiger charge is -2.02. The zero-order valence-electron chi connectivity index (χ0n) is 8.00. The van der Waals surface area contributed by atoms with Crippen molar-refractivity contribution < 1.29 is 9.59 Å².